The van der Waals surface area contributed by atoms with Crippen molar-refractivity contribution < 1.29 is 13.9 Å². The highest BCUT2D eigenvalue weighted by atomic mass is 79.9. The number of rotatable bonds is 3. The largest absolute Gasteiger partial charge is 0.462 e. The van der Waals surface area contributed by atoms with E-state index in [9.17, 15) is 0 Å². The van der Waals surface area contributed by atoms with E-state index < -0.39 is 5.82 Å². The third-order valence-electron chi connectivity index (χ3n) is 6.04. The van der Waals surface area contributed by atoms with E-state index in [1.54, 1.807) is 11.1 Å². The summed E-state index contributed by atoms with van der Waals surface area (Å²) in [5.74, 6) is 0.286. The molecule has 0 unspecified atom stereocenters. The maximum atomic E-state index is 15.1. The van der Waals surface area contributed by atoms with Gasteiger partial charge in [-0.25, -0.2) is 9.38 Å². The minimum Gasteiger partial charge on any atom is -0.462 e. The van der Waals surface area contributed by atoms with Crippen LogP contribution in [-0.4, -0.2) is 54.6 Å². The molecule has 2 saturated heterocycles. The van der Waals surface area contributed by atoms with Crippen molar-refractivity contribution in [2.75, 3.05) is 38.7 Å². The first-order valence-corrected chi connectivity index (χ1v) is 10.7. The molecule has 0 aromatic heterocycles. The molecule has 4 aliphatic heterocycles. The molecule has 4 aliphatic rings. The molecule has 0 aliphatic carbocycles. The molecule has 6 nitrogen and oxygen atoms in total. The van der Waals surface area contributed by atoms with Crippen LogP contribution >= 0.6 is 27.5 Å². The summed E-state index contributed by atoms with van der Waals surface area (Å²) in [6.45, 7) is 6.93. The van der Waals surface area contributed by atoms with E-state index in [2.05, 4.69) is 37.7 Å². The zero-order valence-electron chi connectivity index (χ0n) is 16.0. The molecule has 29 heavy (non-hydrogen) atoms. The molecule has 0 amide bonds. The highest BCUT2D eigenvalue weighted by Crippen LogP contribution is 2.46. The zero-order chi connectivity index (χ0) is 20.3. The van der Waals surface area contributed by atoms with E-state index in [1.807, 2.05) is 7.05 Å². The lowest BCUT2D eigenvalue weighted by Gasteiger charge is -2.31. The first kappa shape index (κ1) is 19.2. The monoisotopic (exact) mass is 482 g/mol. The summed E-state index contributed by atoms with van der Waals surface area (Å²) in [5.41, 5.74) is 2.27. The van der Waals surface area contributed by atoms with Crippen LogP contribution in [0.1, 0.15) is 24.8 Å². The van der Waals surface area contributed by atoms with Crippen LogP contribution in [0, 0.1) is 5.82 Å². The van der Waals surface area contributed by atoms with Crippen LogP contribution in [0.4, 0.5) is 10.1 Å². The van der Waals surface area contributed by atoms with Gasteiger partial charge in [0.05, 0.1) is 32.5 Å². The number of halogens is 3. The second-order valence-electron chi connectivity index (χ2n) is 7.96. The predicted molar refractivity (Wildman–Crippen MR) is 114 cm³/mol. The smallest absolute Gasteiger partial charge is 0.302 e. The number of benzene rings is 1. The molecule has 0 spiro atoms. The van der Waals surface area contributed by atoms with E-state index in [0.717, 1.165) is 32.4 Å². The molecule has 1 N–H and O–H groups in total. The molecular weight excluding hydrogens is 463 g/mol. The van der Waals surface area contributed by atoms with Crippen LogP contribution in [0.25, 0.3) is 0 Å². The first-order valence-electron chi connectivity index (χ1n) is 9.56. The van der Waals surface area contributed by atoms with Crippen molar-refractivity contribution in [3.8, 4) is 5.75 Å². The number of hydrogen-bond donors (Lipinski definition) is 1. The van der Waals surface area contributed by atoms with Gasteiger partial charge in [-0.15, -0.1) is 0 Å². The Morgan fingerprint density at radius 2 is 2.34 bits per heavy atom. The van der Waals surface area contributed by atoms with Crippen molar-refractivity contribution in [3.63, 3.8) is 0 Å². The molecule has 0 bridgehead atoms. The Hall–Kier alpha value is -1.77. The van der Waals surface area contributed by atoms with E-state index in [4.69, 9.17) is 21.1 Å². The zero-order valence-corrected chi connectivity index (χ0v) is 18.4. The van der Waals surface area contributed by atoms with Gasteiger partial charge in [0.15, 0.2) is 11.6 Å². The second-order valence-corrected chi connectivity index (χ2v) is 9.13. The number of amidine groups is 1. The fourth-order valence-corrected chi connectivity index (χ4v) is 5.36. The fraction of sp³-hybridized carbons (Fsp3) is 0.450. The van der Waals surface area contributed by atoms with E-state index in [1.165, 1.54) is 5.57 Å². The fourth-order valence-electron chi connectivity index (χ4n) is 4.74. The van der Waals surface area contributed by atoms with Gasteiger partial charge in [0.1, 0.15) is 19.1 Å². The summed E-state index contributed by atoms with van der Waals surface area (Å²) in [4.78, 5) is 8.70. The topological polar surface area (TPSA) is 49.3 Å². The van der Waals surface area contributed by atoms with Gasteiger partial charge < -0.3 is 19.7 Å². The van der Waals surface area contributed by atoms with Gasteiger partial charge in [0.25, 0.3) is 0 Å². The summed E-state index contributed by atoms with van der Waals surface area (Å²) in [7, 11) is 1.83. The van der Waals surface area contributed by atoms with Gasteiger partial charge in [-0.3, -0.25) is 4.90 Å². The van der Waals surface area contributed by atoms with Crippen LogP contribution in [-0.2, 0) is 4.74 Å². The minimum absolute atomic E-state index is 0.0499. The van der Waals surface area contributed by atoms with Gasteiger partial charge >= 0.3 is 5.95 Å². The molecule has 4 heterocycles. The molecule has 9 heteroatoms. The average molecular weight is 484 g/mol. The standard InChI is InChI=1S/C20H21BrClFN4O2/c1-11-6-20(4-3-5-27(20)7-11)9-28-12-8-26(2)19-13-17(24-10-25-19)15(22)14(21)16(23)18(13)29-12/h8,24H,1,3-7,9-10H2,2H3/t20-/m0/s1. The first-order chi connectivity index (χ1) is 13.9. The summed E-state index contributed by atoms with van der Waals surface area (Å²) >= 11 is 9.59. The van der Waals surface area contributed by atoms with Crippen LogP contribution in [0.5, 0.6) is 5.75 Å². The lowest BCUT2D eigenvalue weighted by atomic mass is 9.94. The van der Waals surface area contributed by atoms with Crippen molar-refractivity contribution in [1.82, 2.24) is 9.80 Å². The Kier molecular flexibility index (Phi) is 4.56. The second kappa shape index (κ2) is 6.89. The van der Waals surface area contributed by atoms with Crippen LogP contribution in [0.2, 0.25) is 5.02 Å². The molecule has 2 fully saturated rings. The number of anilines is 1. The SMILES string of the molecule is C=C1CN2CCC[C@@]2(COC2=CN(C)C3=NCNc4c(Cl)c(Br)c(F)c(c43)O2)C1. The maximum absolute atomic E-state index is 15.1. The maximum Gasteiger partial charge on any atom is 0.302 e. The van der Waals surface area contributed by atoms with Gasteiger partial charge in [-0.05, 0) is 41.7 Å². The third kappa shape index (κ3) is 2.95. The van der Waals surface area contributed by atoms with Gasteiger partial charge in [-0.1, -0.05) is 23.8 Å². The van der Waals surface area contributed by atoms with E-state index in [-0.39, 0.29) is 26.7 Å². The Morgan fingerprint density at radius 3 is 3.17 bits per heavy atom. The Bertz CT molecular complexity index is 982. The number of fused-ring (bicyclic) bond motifs is 1. The summed E-state index contributed by atoms with van der Waals surface area (Å²) in [6, 6.07) is 0. The molecule has 1 aromatic carbocycles. The minimum atomic E-state index is -0.579. The lowest BCUT2D eigenvalue weighted by molar-refractivity contribution is 0.0268. The summed E-state index contributed by atoms with van der Waals surface area (Å²) in [5, 5.41) is 3.37. The third-order valence-corrected chi connectivity index (χ3v) is 7.39. The van der Waals surface area contributed by atoms with Crippen LogP contribution < -0.4 is 10.1 Å². The molecule has 154 valence electrons. The Labute approximate surface area is 182 Å². The highest BCUT2D eigenvalue weighted by Gasteiger charge is 2.47. The molecular formula is C20H21BrClFN4O2. The molecule has 1 atom stereocenters. The molecule has 5 rings (SSSR count). The van der Waals surface area contributed by atoms with Crippen molar-refractivity contribution >= 4 is 39.1 Å². The molecule has 1 aromatic rings. The summed E-state index contributed by atoms with van der Waals surface area (Å²) in [6.07, 6.45) is 4.82. The van der Waals surface area contributed by atoms with Crippen molar-refractivity contribution in [1.29, 1.82) is 0 Å². The van der Waals surface area contributed by atoms with Crippen molar-refractivity contribution in [3.05, 3.63) is 45.2 Å². The van der Waals surface area contributed by atoms with Gasteiger partial charge in [0, 0.05) is 13.6 Å². The van der Waals surface area contributed by atoms with Crippen LogP contribution in [0.3, 0.4) is 0 Å². The highest BCUT2D eigenvalue weighted by molar-refractivity contribution is 9.10. The Morgan fingerprint density at radius 1 is 1.52 bits per heavy atom. The van der Waals surface area contributed by atoms with Gasteiger partial charge in [-0.2, -0.15) is 0 Å². The Balaban J connectivity index is 1.49. The van der Waals surface area contributed by atoms with E-state index >= 15 is 4.39 Å². The average Bonchev–Trinajstić information content (AvgIpc) is 3.17. The number of nitrogens with zero attached hydrogens (tertiary/aromatic N) is 3. The molecule has 0 radical (unpaired) electrons. The lowest BCUT2D eigenvalue weighted by Crippen LogP contribution is -2.42. The number of ether oxygens (including phenoxy) is 2. The van der Waals surface area contributed by atoms with Crippen molar-refractivity contribution in [2.24, 2.45) is 4.99 Å². The van der Waals surface area contributed by atoms with E-state index in [0.29, 0.717) is 30.4 Å². The quantitative estimate of drug-likeness (QED) is 0.513. The van der Waals surface area contributed by atoms with Gasteiger partial charge in [0.2, 0.25) is 0 Å². The number of aliphatic imine (C=N–C) groups is 1. The predicted octanol–water partition coefficient (Wildman–Crippen LogP) is 4.31. The summed E-state index contributed by atoms with van der Waals surface area (Å²) < 4.78 is 27.3. The van der Waals surface area contributed by atoms with Crippen molar-refractivity contribution in [2.45, 2.75) is 24.8 Å². The van der Waals surface area contributed by atoms with Crippen LogP contribution in [0.15, 0.2) is 33.8 Å². The molecule has 0 saturated carbocycles. The normalized spacial score (nSPS) is 25.5. The number of hydrogen-bond acceptors (Lipinski definition) is 6. The number of nitrogens with one attached hydrogen (secondary N) is 1.